The first-order chi connectivity index (χ1) is 8.74. The fourth-order valence-corrected chi connectivity index (χ4v) is 2.81. The van der Waals surface area contributed by atoms with Crippen LogP contribution in [0.4, 0.5) is 0 Å². The van der Waals surface area contributed by atoms with Gasteiger partial charge in [0.25, 0.3) is 0 Å². The Balaban J connectivity index is 2.63. The summed E-state index contributed by atoms with van der Waals surface area (Å²) in [6.45, 7) is 4.94. The van der Waals surface area contributed by atoms with Gasteiger partial charge in [-0.05, 0) is 19.8 Å². The van der Waals surface area contributed by atoms with Crippen LogP contribution in [0.2, 0.25) is 0 Å². The van der Waals surface area contributed by atoms with E-state index in [1.54, 1.807) is 4.90 Å². The van der Waals surface area contributed by atoms with Gasteiger partial charge < -0.3 is 15.4 Å². The summed E-state index contributed by atoms with van der Waals surface area (Å²) >= 11 is 0. The van der Waals surface area contributed by atoms with E-state index in [1.807, 2.05) is 13.8 Å². The van der Waals surface area contributed by atoms with Crippen LogP contribution >= 0.6 is 0 Å². The van der Waals surface area contributed by atoms with Crippen molar-refractivity contribution in [1.29, 1.82) is 0 Å². The van der Waals surface area contributed by atoms with Crippen LogP contribution in [0.3, 0.4) is 0 Å². The zero-order chi connectivity index (χ0) is 14.6. The molecule has 7 heteroatoms. The lowest BCUT2D eigenvalue weighted by Gasteiger charge is -2.39. The molecule has 19 heavy (non-hydrogen) atoms. The van der Waals surface area contributed by atoms with Crippen LogP contribution in [0.25, 0.3) is 0 Å². The van der Waals surface area contributed by atoms with Crippen LogP contribution in [-0.2, 0) is 19.4 Å². The van der Waals surface area contributed by atoms with Crippen LogP contribution in [-0.4, -0.2) is 62.6 Å². The van der Waals surface area contributed by atoms with Gasteiger partial charge in [0.05, 0.1) is 30.5 Å². The van der Waals surface area contributed by atoms with Gasteiger partial charge in [-0.1, -0.05) is 6.92 Å². The van der Waals surface area contributed by atoms with Crippen LogP contribution in [0.15, 0.2) is 0 Å². The predicted octanol–water partition coefficient (Wildman–Crippen LogP) is -0.226. The van der Waals surface area contributed by atoms with Gasteiger partial charge in [0.1, 0.15) is 9.84 Å². The normalized spacial score (nSPS) is 26.2. The molecular weight excluding hydrogens is 268 g/mol. The van der Waals surface area contributed by atoms with Gasteiger partial charge in [-0.15, -0.1) is 0 Å². The van der Waals surface area contributed by atoms with Crippen molar-refractivity contribution in [3.8, 4) is 0 Å². The Hall–Kier alpha value is -0.660. The first-order valence-corrected chi connectivity index (χ1v) is 8.66. The van der Waals surface area contributed by atoms with Crippen LogP contribution in [0, 0.1) is 0 Å². The molecule has 1 aliphatic heterocycles. The molecule has 1 heterocycles. The van der Waals surface area contributed by atoms with Crippen LogP contribution in [0.5, 0.6) is 0 Å². The van der Waals surface area contributed by atoms with Gasteiger partial charge in [0.2, 0.25) is 5.91 Å². The molecule has 1 aliphatic rings. The topological polar surface area (TPSA) is 89.7 Å². The highest BCUT2D eigenvalue weighted by Crippen LogP contribution is 2.16. The minimum atomic E-state index is -3.09. The number of ether oxygens (including phenoxy) is 1. The Morgan fingerprint density at radius 2 is 2.16 bits per heavy atom. The largest absolute Gasteiger partial charge is 0.375 e. The maximum absolute atomic E-state index is 12.3. The van der Waals surface area contributed by atoms with E-state index in [4.69, 9.17) is 10.5 Å². The minimum absolute atomic E-state index is 0.00569. The van der Waals surface area contributed by atoms with Crippen molar-refractivity contribution in [2.75, 3.05) is 25.2 Å². The lowest BCUT2D eigenvalue weighted by molar-refractivity contribution is -0.145. The molecule has 3 unspecified atom stereocenters. The molecule has 1 amide bonds. The number of nitrogens with zero attached hydrogens (tertiary/aromatic N) is 1. The third-order valence-electron chi connectivity index (χ3n) is 3.34. The van der Waals surface area contributed by atoms with Gasteiger partial charge in [-0.3, -0.25) is 4.79 Å². The van der Waals surface area contributed by atoms with Crippen molar-refractivity contribution >= 4 is 15.7 Å². The summed E-state index contributed by atoms with van der Waals surface area (Å²) in [5.41, 5.74) is 5.82. The standard InChI is InChI=1S/C12H24N2O4S/c1-4-10-8-18-9(2)7-14(10)12(15)11(13)5-6-19(3,16)17/h9-11H,4-8,13H2,1-3H3. The number of amides is 1. The van der Waals surface area contributed by atoms with Crippen molar-refractivity contribution in [2.24, 2.45) is 5.73 Å². The molecule has 0 aromatic heterocycles. The Morgan fingerprint density at radius 3 is 2.68 bits per heavy atom. The van der Waals surface area contributed by atoms with E-state index in [0.29, 0.717) is 13.2 Å². The number of rotatable bonds is 5. The number of morpholine rings is 1. The molecule has 0 aromatic carbocycles. The SMILES string of the molecule is CCC1COC(C)CN1C(=O)C(N)CCS(C)(=O)=O. The summed E-state index contributed by atoms with van der Waals surface area (Å²) < 4.78 is 27.7. The van der Waals surface area contributed by atoms with E-state index in [1.165, 1.54) is 0 Å². The van der Waals surface area contributed by atoms with Gasteiger partial charge in [0, 0.05) is 12.8 Å². The lowest BCUT2D eigenvalue weighted by Crippen LogP contribution is -2.56. The maximum Gasteiger partial charge on any atom is 0.239 e. The third-order valence-corrected chi connectivity index (χ3v) is 4.32. The minimum Gasteiger partial charge on any atom is -0.375 e. The molecule has 1 fully saturated rings. The molecule has 112 valence electrons. The molecule has 0 spiro atoms. The van der Waals surface area contributed by atoms with Gasteiger partial charge in [0.15, 0.2) is 0 Å². The molecule has 0 radical (unpaired) electrons. The molecular formula is C12H24N2O4S. The Bertz CT molecular complexity index is 410. The van der Waals surface area contributed by atoms with E-state index in [2.05, 4.69) is 0 Å². The van der Waals surface area contributed by atoms with Crippen LogP contribution in [0.1, 0.15) is 26.7 Å². The summed E-state index contributed by atoms with van der Waals surface area (Å²) in [5.74, 6) is -0.234. The molecule has 3 atom stereocenters. The number of nitrogens with two attached hydrogens (primary N) is 1. The Labute approximate surface area is 115 Å². The highest BCUT2D eigenvalue weighted by atomic mass is 32.2. The lowest BCUT2D eigenvalue weighted by atomic mass is 10.1. The van der Waals surface area contributed by atoms with E-state index in [0.717, 1.165) is 12.7 Å². The second-order valence-electron chi connectivity index (χ2n) is 5.22. The summed E-state index contributed by atoms with van der Waals surface area (Å²) in [6.07, 6.45) is 2.11. The second-order valence-corrected chi connectivity index (χ2v) is 7.48. The monoisotopic (exact) mass is 292 g/mol. The molecule has 2 N–H and O–H groups in total. The smallest absolute Gasteiger partial charge is 0.239 e. The average molecular weight is 292 g/mol. The number of carbonyl (C=O) groups is 1. The average Bonchev–Trinajstić information content (AvgIpc) is 2.34. The van der Waals surface area contributed by atoms with E-state index >= 15 is 0 Å². The summed E-state index contributed by atoms with van der Waals surface area (Å²) in [5, 5.41) is 0. The molecule has 1 saturated heterocycles. The molecule has 0 aromatic rings. The first kappa shape index (κ1) is 16.4. The number of hydrogen-bond acceptors (Lipinski definition) is 5. The predicted molar refractivity (Wildman–Crippen MR) is 73.5 cm³/mol. The summed E-state index contributed by atoms with van der Waals surface area (Å²) in [6, 6.07) is -0.720. The summed E-state index contributed by atoms with van der Waals surface area (Å²) in [7, 11) is -3.09. The Kier molecular flexibility index (Phi) is 5.76. The zero-order valence-electron chi connectivity index (χ0n) is 11.8. The number of sulfone groups is 1. The fraction of sp³-hybridized carbons (Fsp3) is 0.917. The highest BCUT2D eigenvalue weighted by Gasteiger charge is 2.32. The van der Waals surface area contributed by atoms with Gasteiger partial charge in [-0.2, -0.15) is 0 Å². The van der Waals surface area contributed by atoms with E-state index in [-0.39, 0.29) is 30.2 Å². The number of hydrogen-bond donors (Lipinski definition) is 1. The molecule has 6 nitrogen and oxygen atoms in total. The van der Waals surface area contributed by atoms with Crippen LogP contribution < -0.4 is 5.73 Å². The van der Waals surface area contributed by atoms with E-state index < -0.39 is 15.9 Å². The molecule has 0 aliphatic carbocycles. The molecule has 1 rings (SSSR count). The van der Waals surface area contributed by atoms with Crippen molar-refractivity contribution < 1.29 is 17.9 Å². The van der Waals surface area contributed by atoms with Crippen molar-refractivity contribution in [3.05, 3.63) is 0 Å². The molecule has 0 bridgehead atoms. The van der Waals surface area contributed by atoms with Gasteiger partial charge >= 0.3 is 0 Å². The maximum atomic E-state index is 12.3. The van der Waals surface area contributed by atoms with E-state index in [9.17, 15) is 13.2 Å². The van der Waals surface area contributed by atoms with Gasteiger partial charge in [-0.25, -0.2) is 8.42 Å². The Morgan fingerprint density at radius 1 is 1.53 bits per heavy atom. The summed E-state index contributed by atoms with van der Waals surface area (Å²) in [4.78, 5) is 14.0. The van der Waals surface area contributed by atoms with Crippen molar-refractivity contribution in [3.63, 3.8) is 0 Å². The fourth-order valence-electron chi connectivity index (χ4n) is 2.13. The van der Waals surface area contributed by atoms with Crippen molar-refractivity contribution in [2.45, 2.75) is 44.9 Å². The number of carbonyl (C=O) groups excluding carboxylic acids is 1. The second kappa shape index (κ2) is 6.67. The zero-order valence-corrected chi connectivity index (χ0v) is 12.6. The third kappa shape index (κ3) is 5.08. The quantitative estimate of drug-likeness (QED) is 0.756. The highest BCUT2D eigenvalue weighted by molar-refractivity contribution is 7.90. The van der Waals surface area contributed by atoms with Crippen molar-refractivity contribution in [1.82, 2.24) is 4.90 Å². The first-order valence-electron chi connectivity index (χ1n) is 6.60. The molecule has 0 saturated carbocycles.